The Labute approximate surface area is 86.6 Å². The van der Waals surface area contributed by atoms with E-state index in [0.717, 1.165) is 25.9 Å². The van der Waals surface area contributed by atoms with Crippen LogP contribution in [0.1, 0.15) is 39.5 Å². The Kier molecular flexibility index (Phi) is 4.94. The van der Waals surface area contributed by atoms with E-state index in [4.69, 9.17) is 0 Å². The highest BCUT2D eigenvalue weighted by molar-refractivity contribution is 5.78. The first kappa shape index (κ1) is 11.5. The second-order valence-corrected chi connectivity index (χ2v) is 4.18. The summed E-state index contributed by atoms with van der Waals surface area (Å²) >= 11 is 0. The number of carbonyl (C=O) groups is 1. The van der Waals surface area contributed by atoms with Crippen LogP contribution in [0.5, 0.6) is 0 Å². The van der Waals surface area contributed by atoms with Crippen molar-refractivity contribution in [3.8, 4) is 0 Å². The highest BCUT2D eigenvalue weighted by Gasteiger charge is 2.14. The number of carbonyl (C=O) groups excluding carboxylic acids is 1. The van der Waals surface area contributed by atoms with Crippen molar-refractivity contribution < 1.29 is 4.79 Å². The topological polar surface area (TPSA) is 41.1 Å². The van der Waals surface area contributed by atoms with Crippen molar-refractivity contribution in [1.29, 1.82) is 0 Å². The summed E-state index contributed by atoms with van der Waals surface area (Å²) in [6.45, 7) is 5.98. The number of hydrogen-bond acceptors (Lipinski definition) is 2. The van der Waals surface area contributed by atoms with Gasteiger partial charge in [0.25, 0.3) is 0 Å². The summed E-state index contributed by atoms with van der Waals surface area (Å²) in [7, 11) is 0. The quantitative estimate of drug-likeness (QED) is 0.699. The van der Waals surface area contributed by atoms with Gasteiger partial charge in [0.2, 0.25) is 5.91 Å². The van der Waals surface area contributed by atoms with Crippen LogP contribution in [-0.4, -0.2) is 25.0 Å². The van der Waals surface area contributed by atoms with E-state index >= 15 is 0 Å². The fraction of sp³-hybridized carbons (Fsp3) is 0.909. The summed E-state index contributed by atoms with van der Waals surface area (Å²) in [5.41, 5.74) is 0. The molecule has 0 radical (unpaired) electrons. The second-order valence-electron chi connectivity index (χ2n) is 4.18. The van der Waals surface area contributed by atoms with Crippen LogP contribution in [0.15, 0.2) is 0 Å². The third-order valence-electron chi connectivity index (χ3n) is 3.01. The molecule has 2 atom stereocenters. The molecule has 1 unspecified atom stereocenters. The zero-order valence-electron chi connectivity index (χ0n) is 9.31. The minimum absolute atomic E-state index is 0.159. The lowest BCUT2D eigenvalue weighted by atomic mass is 10.1. The molecular weight excluding hydrogens is 176 g/mol. The van der Waals surface area contributed by atoms with E-state index in [1.54, 1.807) is 0 Å². The van der Waals surface area contributed by atoms with E-state index in [-0.39, 0.29) is 11.8 Å². The van der Waals surface area contributed by atoms with E-state index in [2.05, 4.69) is 10.6 Å². The molecule has 1 aliphatic rings. The lowest BCUT2D eigenvalue weighted by Gasteiger charge is -2.13. The van der Waals surface area contributed by atoms with Gasteiger partial charge in [0, 0.05) is 18.5 Å². The molecule has 1 heterocycles. The molecule has 1 aliphatic heterocycles. The Morgan fingerprint density at radius 1 is 1.64 bits per heavy atom. The summed E-state index contributed by atoms with van der Waals surface area (Å²) in [6, 6.07) is 0.632. The maximum absolute atomic E-state index is 11.4. The molecule has 0 spiro atoms. The molecule has 0 aromatic carbocycles. The van der Waals surface area contributed by atoms with Gasteiger partial charge < -0.3 is 10.6 Å². The molecule has 14 heavy (non-hydrogen) atoms. The maximum atomic E-state index is 11.4. The standard InChI is InChI=1S/C11H22N2O/c1-3-9(2)11(14)13-8-6-10-5-4-7-12-10/h9-10,12H,3-8H2,1-2H3,(H,13,14)/t9?,10-/m1/s1. The predicted octanol–water partition coefficient (Wildman–Crippen LogP) is 1.29. The molecule has 1 saturated heterocycles. The Hall–Kier alpha value is -0.570. The molecule has 0 aromatic heterocycles. The maximum Gasteiger partial charge on any atom is 0.222 e. The zero-order valence-corrected chi connectivity index (χ0v) is 9.31. The molecule has 82 valence electrons. The third-order valence-corrected chi connectivity index (χ3v) is 3.01. The first-order valence-corrected chi connectivity index (χ1v) is 5.75. The Morgan fingerprint density at radius 3 is 3.00 bits per heavy atom. The number of nitrogens with one attached hydrogen (secondary N) is 2. The molecule has 1 rings (SSSR count). The highest BCUT2D eigenvalue weighted by atomic mass is 16.1. The number of amides is 1. The average Bonchev–Trinajstić information content (AvgIpc) is 2.69. The Bertz CT molecular complexity index is 176. The molecule has 0 bridgehead atoms. The Balaban J connectivity index is 2.05. The van der Waals surface area contributed by atoms with Crippen LogP contribution in [0.3, 0.4) is 0 Å². The lowest BCUT2D eigenvalue weighted by molar-refractivity contribution is -0.124. The van der Waals surface area contributed by atoms with Crippen LogP contribution in [0.25, 0.3) is 0 Å². The molecule has 0 aliphatic carbocycles. The lowest BCUT2D eigenvalue weighted by Crippen LogP contribution is -2.33. The van der Waals surface area contributed by atoms with Gasteiger partial charge in [-0.15, -0.1) is 0 Å². The van der Waals surface area contributed by atoms with Gasteiger partial charge in [-0.05, 0) is 32.2 Å². The number of rotatable bonds is 5. The van der Waals surface area contributed by atoms with Gasteiger partial charge >= 0.3 is 0 Å². The van der Waals surface area contributed by atoms with E-state index < -0.39 is 0 Å². The second kappa shape index (κ2) is 6.02. The molecule has 0 aromatic rings. The zero-order chi connectivity index (χ0) is 10.4. The van der Waals surface area contributed by atoms with Crippen LogP contribution >= 0.6 is 0 Å². The predicted molar refractivity (Wildman–Crippen MR) is 58.1 cm³/mol. The Morgan fingerprint density at radius 2 is 2.43 bits per heavy atom. The summed E-state index contributed by atoms with van der Waals surface area (Å²) in [6.07, 6.45) is 4.54. The molecule has 3 nitrogen and oxygen atoms in total. The first-order valence-electron chi connectivity index (χ1n) is 5.75. The van der Waals surface area contributed by atoms with Crippen LogP contribution in [0.2, 0.25) is 0 Å². The molecule has 1 amide bonds. The van der Waals surface area contributed by atoms with E-state index in [0.29, 0.717) is 6.04 Å². The average molecular weight is 198 g/mol. The summed E-state index contributed by atoms with van der Waals surface area (Å²) in [5.74, 6) is 0.358. The van der Waals surface area contributed by atoms with Gasteiger partial charge in [0.15, 0.2) is 0 Å². The first-order chi connectivity index (χ1) is 6.74. The highest BCUT2D eigenvalue weighted by Crippen LogP contribution is 2.07. The number of hydrogen-bond donors (Lipinski definition) is 2. The minimum atomic E-state index is 0.159. The van der Waals surface area contributed by atoms with Crippen molar-refractivity contribution in [3.63, 3.8) is 0 Å². The van der Waals surface area contributed by atoms with Crippen molar-refractivity contribution in [2.45, 2.75) is 45.6 Å². The minimum Gasteiger partial charge on any atom is -0.356 e. The molecule has 1 fully saturated rings. The van der Waals surface area contributed by atoms with Crippen molar-refractivity contribution in [1.82, 2.24) is 10.6 Å². The van der Waals surface area contributed by atoms with Gasteiger partial charge in [-0.2, -0.15) is 0 Å². The van der Waals surface area contributed by atoms with E-state index in [1.807, 2.05) is 13.8 Å². The fourth-order valence-electron chi connectivity index (χ4n) is 1.73. The largest absolute Gasteiger partial charge is 0.356 e. The molecular formula is C11H22N2O. The van der Waals surface area contributed by atoms with Crippen LogP contribution in [0.4, 0.5) is 0 Å². The molecule has 0 saturated carbocycles. The van der Waals surface area contributed by atoms with Crippen molar-refractivity contribution in [3.05, 3.63) is 0 Å². The van der Waals surface area contributed by atoms with Crippen molar-refractivity contribution in [2.75, 3.05) is 13.1 Å². The van der Waals surface area contributed by atoms with Gasteiger partial charge in [-0.25, -0.2) is 0 Å². The molecule has 3 heteroatoms. The smallest absolute Gasteiger partial charge is 0.222 e. The monoisotopic (exact) mass is 198 g/mol. The van der Waals surface area contributed by atoms with Gasteiger partial charge in [-0.3, -0.25) is 4.79 Å². The normalized spacial score (nSPS) is 23.4. The van der Waals surface area contributed by atoms with Crippen molar-refractivity contribution >= 4 is 5.91 Å². The van der Waals surface area contributed by atoms with Crippen molar-refractivity contribution in [2.24, 2.45) is 5.92 Å². The van der Waals surface area contributed by atoms with Crippen LogP contribution < -0.4 is 10.6 Å². The van der Waals surface area contributed by atoms with Crippen LogP contribution in [0, 0.1) is 5.92 Å². The molecule has 2 N–H and O–H groups in total. The van der Waals surface area contributed by atoms with Gasteiger partial charge in [0.05, 0.1) is 0 Å². The summed E-state index contributed by atoms with van der Waals surface area (Å²) in [5, 5.41) is 6.40. The van der Waals surface area contributed by atoms with Gasteiger partial charge in [-0.1, -0.05) is 13.8 Å². The SMILES string of the molecule is CCC(C)C(=O)NCC[C@H]1CCCN1. The summed E-state index contributed by atoms with van der Waals surface area (Å²) in [4.78, 5) is 11.4. The third kappa shape index (κ3) is 3.66. The fourth-order valence-corrected chi connectivity index (χ4v) is 1.73. The van der Waals surface area contributed by atoms with Crippen LogP contribution in [-0.2, 0) is 4.79 Å². The van der Waals surface area contributed by atoms with Gasteiger partial charge in [0.1, 0.15) is 0 Å². The van der Waals surface area contributed by atoms with E-state index in [1.165, 1.54) is 12.8 Å². The summed E-state index contributed by atoms with van der Waals surface area (Å²) < 4.78 is 0. The van der Waals surface area contributed by atoms with E-state index in [9.17, 15) is 4.79 Å².